The van der Waals surface area contributed by atoms with Gasteiger partial charge in [0.1, 0.15) is 0 Å². The summed E-state index contributed by atoms with van der Waals surface area (Å²) in [4.78, 5) is 0. The molecule has 0 aliphatic heterocycles. The molecule has 0 saturated heterocycles. The van der Waals surface area contributed by atoms with Crippen LogP contribution in [0, 0.1) is 5.92 Å². The molecular formula is C14H24ClN3. The van der Waals surface area contributed by atoms with Crippen molar-refractivity contribution in [3.63, 3.8) is 0 Å². The Morgan fingerprint density at radius 3 is 2.61 bits per heavy atom. The molecule has 0 amide bonds. The molecule has 1 atom stereocenters. The van der Waals surface area contributed by atoms with E-state index in [0.29, 0.717) is 6.04 Å². The molecule has 1 aliphatic carbocycles. The van der Waals surface area contributed by atoms with Crippen molar-refractivity contribution in [3.8, 4) is 0 Å². The molecule has 0 aromatic carbocycles. The highest BCUT2D eigenvalue weighted by molar-refractivity contribution is 6.31. The Balaban J connectivity index is 2.13. The molecule has 1 N–H and O–H groups in total. The van der Waals surface area contributed by atoms with Crippen LogP contribution in [-0.4, -0.2) is 22.9 Å². The molecule has 1 fully saturated rings. The van der Waals surface area contributed by atoms with Crippen molar-refractivity contribution in [2.75, 3.05) is 7.05 Å². The van der Waals surface area contributed by atoms with Crippen LogP contribution in [0.2, 0.25) is 5.02 Å². The SMILES string of the molecule is CCc1nn(C)c(CC(NC)C2CCCC2)c1Cl. The second kappa shape index (κ2) is 6.07. The fourth-order valence-corrected chi connectivity index (χ4v) is 3.48. The average Bonchev–Trinajstić information content (AvgIpc) is 2.97. The number of aromatic nitrogens is 2. The second-order valence-corrected chi connectivity index (χ2v) is 5.71. The van der Waals surface area contributed by atoms with Crippen LogP contribution in [0.1, 0.15) is 44.0 Å². The highest BCUT2D eigenvalue weighted by atomic mass is 35.5. The lowest BCUT2D eigenvalue weighted by molar-refractivity contribution is 0.371. The lowest BCUT2D eigenvalue weighted by Crippen LogP contribution is -2.35. The monoisotopic (exact) mass is 269 g/mol. The average molecular weight is 270 g/mol. The Bertz CT molecular complexity index is 394. The van der Waals surface area contributed by atoms with Crippen LogP contribution in [0.5, 0.6) is 0 Å². The minimum atomic E-state index is 0.533. The maximum absolute atomic E-state index is 6.43. The van der Waals surface area contributed by atoms with Crippen LogP contribution >= 0.6 is 11.6 Å². The van der Waals surface area contributed by atoms with E-state index >= 15 is 0 Å². The molecule has 3 nitrogen and oxygen atoms in total. The van der Waals surface area contributed by atoms with E-state index in [2.05, 4.69) is 24.4 Å². The van der Waals surface area contributed by atoms with Gasteiger partial charge in [-0.05, 0) is 32.2 Å². The molecule has 2 rings (SSSR count). The fourth-order valence-electron chi connectivity index (χ4n) is 3.11. The Morgan fingerprint density at radius 1 is 1.44 bits per heavy atom. The predicted molar refractivity (Wildman–Crippen MR) is 76.1 cm³/mol. The van der Waals surface area contributed by atoms with Gasteiger partial charge in [0.05, 0.1) is 16.4 Å². The topological polar surface area (TPSA) is 29.9 Å². The molecule has 102 valence electrons. The van der Waals surface area contributed by atoms with Crippen LogP contribution in [0.4, 0.5) is 0 Å². The summed E-state index contributed by atoms with van der Waals surface area (Å²) < 4.78 is 1.96. The Hall–Kier alpha value is -0.540. The first kappa shape index (κ1) is 13.9. The van der Waals surface area contributed by atoms with Gasteiger partial charge in [0, 0.05) is 19.5 Å². The van der Waals surface area contributed by atoms with Crippen molar-refractivity contribution in [2.24, 2.45) is 13.0 Å². The maximum atomic E-state index is 6.43. The lowest BCUT2D eigenvalue weighted by Gasteiger charge is -2.23. The van der Waals surface area contributed by atoms with Gasteiger partial charge in [-0.15, -0.1) is 0 Å². The van der Waals surface area contributed by atoms with Gasteiger partial charge in [-0.1, -0.05) is 31.4 Å². The summed E-state index contributed by atoms with van der Waals surface area (Å²) in [5.74, 6) is 0.797. The first-order valence-corrected chi connectivity index (χ1v) is 7.42. The van der Waals surface area contributed by atoms with Gasteiger partial charge in [0.25, 0.3) is 0 Å². The molecule has 0 bridgehead atoms. The summed E-state index contributed by atoms with van der Waals surface area (Å²) in [5.41, 5.74) is 2.20. The summed E-state index contributed by atoms with van der Waals surface area (Å²) in [6, 6.07) is 0.533. The van der Waals surface area contributed by atoms with Gasteiger partial charge in [-0.2, -0.15) is 5.10 Å². The van der Waals surface area contributed by atoms with Gasteiger partial charge in [-0.3, -0.25) is 4.68 Å². The Morgan fingerprint density at radius 2 is 2.11 bits per heavy atom. The normalized spacial score (nSPS) is 18.4. The quantitative estimate of drug-likeness (QED) is 0.891. The van der Waals surface area contributed by atoms with E-state index in [-0.39, 0.29) is 0 Å². The van der Waals surface area contributed by atoms with E-state index in [0.717, 1.165) is 29.5 Å². The van der Waals surface area contributed by atoms with E-state index in [9.17, 15) is 0 Å². The van der Waals surface area contributed by atoms with Crippen molar-refractivity contribution >= 4 is 11.6 Å². The molecule has 1 aliphatic rings. The standard InChI is InChI=1S/C14H24ClN3/c1-4-11-14(15)13(18(3)17-11)9-12(16-2)10-7-5-6-8-10/h10,12,16H,4-9H2,1-3H3. The number of rotatable bonds is 5. The molecule has 1 saturated carbocycles. The number of nitrogens with one attached hydrogen (secondary N) is 1. The second-order valence-electron chi connectivity index (χ2n) is 5.33. The van der Waals surface area contributed by atoms with Crippen LogP contribution in [0.25, 0.3) is 0 Å². The molecule has 1 aromatic heterocycles. The molecule has 1 unspecified atom stereocenters. The summed E-state index contributed by atoms with van der Waals surface area (Å²) >= 11 is 6.43. The molecule has 18 heavy (non-hydrogen) atoms. The first-order valence-electron chi connectivity index (χ1n) is 7.04. The maximum Gasteiger partial charge on any atom is 0.0850 e. The summed E-state index contributed by atoms with van der Waals surface area (Å²) in [6.07, 6.45) is 7.34. The number of halogens is 1. The van der Waals surface area contributed by atoms with E-state index in [1.807, 2.05) is 11.7 Å². The van der Waals surface area contributed by atoms with Crippen molar-refractivity contribution in [3.05, 3.63) is 16.4 Å². The number of hydrogen-bond donors (Lipinski definition) is 1. The van der Waals surface area contributed by atoms with Crippen LogP contribution < -0.4 is 5.32 Å². The van der Waals surface area contributed by atoms with Crippen molar-refractivity contribution in [1.29, 1.82) is 0 Å². The zero-order valence-corrected chi connectivity index (χ0v) is 12.4. The summed E-state index contributed by atoms with van der Waals surface area (Å²) in [6.45, 7) is 2.10. The smallest absolute Gasteiger partial charge is 0.0850 e. The summed E-state index contributed by atoms with van der Waals surface area (Å²) in [7, 11) is 4.07. The minimum absolute atomic E-state index is 0.533. The molecule has 4 heteroatoms. The largest absolute Gasteiger partial charge is 0.316 e. The number of hydrogen-bond acceptors (Lipinski definition) is 2. The van der Waals surface area contributed by atoms with Crippen LogP contribution in [0.15, 0.2) is 0 Å². The van der Waals surface area contributed by atoms with Gasteiger partial charge in [-0.25, -0.2) is 0 Å². The number of likely N-dealkylation sites (N-methyl/N-ethyl adjacent to an activating group) is 1. The predicted octanol–water partition coefficient (Wildman–Crippen LogP) is 2.96. The van der Waals surface area contributed by atoms with E-state index < -0.39 is 0 Å². The van der Waals surface area contributed by atoms with Crippen molar-refractivity contribution < 1.29 is 0 Å². The third-order valence-electron chi connectivity index (χ3n) is 4.26. The third kappa shape index (κ3) is 2.72. The van der Waals surface area contributed by atoms with Crippen LogP contribution in [-0.2, 0) is 19.9 Å². The number of nitrogens with zero attached hydrogens (tertiary/aromatic N) is 2. The Labute approximate surface area is 115 Å². The number of aryl methyl sites for hydroxylation is 2. The zero-order chi connectivity index (χ0) is 13.1. The molecule has 0 radical (unpaired) electrons. The first-order chi connectivity index (χ1) is 8.67. The van der Waals surface area contributed by atoms with Gasteiger partial charge in [0.15, 0.2) is 0 Å². The van der Waals surface area contributed by atoms with Gasteiger partial charge >= 0.3 is 0 Å². The molecule has 1 aromatic rings. The van der Waals surface area contributed by atoms with Gasteiger partial charge < -0.3 is 5.32 Å². The van der Waals surface area contributed by atoms with Crippen LogP contribution in [0.3, 0.4) is 0 Å². The third-order valence-corrected chi connectivity index (χ3v) is 4.69. The Kier molecular flexibility index (Phi) is 4.68. The molecular weight excluding hydrogens is 246 g/mol. The zero-order valence-electron chi connectivity index (χ0n) is 11.7. The van der Waals surface area contributed by atoms with E-state index in [4.69, 9.17) is 11.6 Å². The van der Waals surface area contributed by atoms with Gasteiger partial charge in [0.2, 0.25) is 0 Å². The minimum Gasteiger partial charge on any atom is -0.316 e. The lowest BCUT2D eigenvalue weighted by atomic mass is 9.94. The van der Waals surface area contributed by atoms with E-state index in [1.165, 1.54) is 31.4 Å². The van der Waals surface area contributed by atoms with Crippen molar-refractivity contribution in [2.45, 2.75) is 51.5 Å². The molecule has 1 heterocycles. The summed E-state index contributed by atoms with van der Waals surface area (Å²) in [5, 5.41) is 8.85. The highest BCUT2D eigenvalue weighted by Gasteiger charge is 2.26. The van der Waals surface area contributed by atoms with E-state index in [1.54, 1.807) is 0 Å². The fraction of sp³-hybridized carbons (Fsp3) is 0.786. The highest BCUT2D eigenvalue weighted by Crippen LogP contribution is 2.31. The van der Waals surface area contributed by atoms with Crippen molar-refractivity contribution in [1.82, 2.24) is 15.1 Å². The molecule has 0 spiro atoms.